The third-order valence-corrected chi connectivity index (χ3v) is 3.16. The summed E-state index contributed by atoms with van der Waals surface area (Å²) in [7, 11) is 1.60. The standard InChI is InChI=1S/C16H20O4/c1-18-16-7-6-13(10-14(16)4-2-8-17)11-19-12-15-5-3-9-20-15/h6-7,10,15,17H,3,5,8-9,11-12H2,1H3. The van der Waals surface area contributed by atoms with Crippen LogP contribution in [-0.4, -0.2) is 38.1 Å². The van der Waals surface area contributed by atoms with Gasteiger partial charge in [-0.1, -0.05) is 17.9 Å². The van der Waals surface area contributed by atoms with Crippen LogP contribution < -0.4 is 4.74 Å². The molecular formula is C16H20O4. The van der Waals surface area contributed by atoms with Crippen molar-refractivity contribution in [2.24, 2.45) is 0 Å². The highest BCUT2D eigenvalue weighted by atomic mass is 16.5. The van der Waals surface area contributed by atoms with Gasteiger partial charge in [0.15, 0.2) is 0 Å². The second kappa shape index (κ2) is 7.91. The Kier molecular flexibility index (Phi) is 5.87. The lowest BCUT2D eigenvalue weighted by atomic mass is 10.1. The van der Waals surface area contributed by atoms with Crippen LogP contribution in [0.5, 0.6) is 5.75 Å². The molecular weight excluding hydrogens is 256 g/mol. The molecule has 108 valence electrons. The average molecular weight is 276 g/mol. The Morgan fingerprint density at radius 2 is 2.35 bits per heavy atom. The quantitative estimate of drug-likeness (QED) is 0.832. The van der Waals surface area contributed by atoms with Crippen molar-refractivity contribution in [2.75, 3.05) is 26.9 Å². The van der Waals surface area contributed by atoms with E-state index in [1.807, 2.05) is 18.2 Å². The molecule has 1 fully saturated rings. The normalized spacial score (nSPS) is 17.6. The number of hydrogen-bond donors (Lipinski definition) is 1. The van der Waals surface area contributed by atoms with Crippen LogP contribution >= 0.6 is 0 Å². The molecule has 1 atom stereocenters. The molecule has 0 bridgehead atoms. The van der Waals surface area contributed by atoms with E-state index in [1.54, 1.807) is 7.11 Å². The highest BCUT2D eigenvalue weighted by Crippen LogP contribution is 2.20. The number of methoxy groups -OCH3 is 1. The first-order chi connectivity index (χ1) is 9.83. The summed E-state index contributed by atoms with van der Waals surface area (Å²) in [6, 6.07) is 5.75. The van der Waals surface area contributed by atoms with E-state index in [-0.39, 0.29) is 12.7 Å². The van der Waals surface area contributed by atoms with Gasteiger partial charge in [-0.3, -0.25) is 0 Å². The fourth-order valence-corrected chi connectivity index (χ4v) is 2.16. The van der Waals surface area contributed by atoms with Crippen molar-refractivity contribution in [3.8, 4) is 17.6 Å². The van der Waals surface area contributed by atoms with Crippen molar-refractivity contribution in [3.63, 3.8) is 0 Å². The molecule has 1 heterocycles. The van der Waals surface area contributed by atoms with Crippen LogP contribution in [0.25, 0.3) is 0 Å². The molecule has 0 spiro atoms. The Balaban J connectivity index is 1.93. The Bertz CT molecular complexity index is 481. The van der Waals surface area contributed by atoms with Crippen molar-refractivity contribution < 1.29 is 19.3 Å². The van der Waals surface area contributed by atoms with E-state index >= 15 is 0 Å². The lowest BCUT2D eigenvalue weighted by Crippen LogP contribution is -2.13. The maximum Gasteiger partial charge on any atom is 0.134 e. The Hall–Kier alpha value is -1.54. The average Bonchev–Trinajstić information content (AvgIpc) is 2.98. The molecule has 1 N–H and O–H groups in total. The fourth-order valence-electron chi connectivity index (χ4n) is 2.16. The number of benzene rings is 1. The van der Waals surface area contributed by atoms with Crippen molar-refractivity contribution in [2.45, 2.75) is 25.6 Å². The number of ether oxygens (including phenoxy) is 3. The second-order valence-corrected chi connectivity index (χ2v) is 4.64. The van der Waals surface area contributed by atoms with Crippen LogP contribution in [0.15, 0.2) is 18.2 Å². The molecule has 1 aromatic rings. The zero-order chi connectivity index (χ0) is 14.2. The van der Waals surface area contributed by atoms with Crippen molar-refractivity contribution in [3.05, 3.63) is 29.3 Å². The van der Waals surface area contributed by atoms with Crippen LogP contribution in [0.4, 0.5) is 0 Å². The van der Waals surface area contributed by atoms with E-state index in [4.69, 9.17) is 19.3 Å². The third-order valence-electron chi connectivity index (χ3n) is 3.16. The van der Waals surface area contributed by atoms with E-state index in [1.165, 1.54) is 0 Å². The molecule has 0 saturated carbocycles. The van der Waals surface area contributed by atoms with Crippen LogP contribution in [0, 0.1) is 11.8 Å². The van der Waals surface area contributed by atoms with E-state index in [2.05, 4.69) is 11.8 Å². The minimum Gasteiger partial charge on any atom is -0.495 e. The Morgan fingerprint density at radius 3 is 3.05 bits per heavy atom. The van der Waals surface area contributed by atoms with Gasteiger partial charge >= 0.3 is 0 Å². The zero-order valence-electron chi connectivity index (χ0n) is 11.7. The summed E-state index contributed by atoms with van der Waals surface area (Å²) in [5, 5.41) is 8.77. The maximum atomic E-state index is 8.77. The summed E-state index contributed by atoms with van der Waals surface area (Å²) >= 11 is 0. The molecule has 1 aliphatic rings. The smallest absolute Gasteiger partial charge is 0.134 e. The topological polar surface area (TPSA) is 47.9 Å². The summed E-state index contributed by atoms with van der Waals surface area (Å²) in [6.07, 6.45) is 2.44. The van der Waals surface area contributed by atoms with Gasteiger partial charge in [0.2, 0.25) is 0 Å². The number of rotatable bonds is 5. The maximum absolute atomic E-state index is 8.77. The second-order valence-electron chi connectivity index (χ2n) is 4.64. The lowest BCUT2D eigenvalue weighted by Gasteiger charge is -2.11. The van der Waals surface area contributed by atoms with Gasteiger partial charge in [0, 0.05) is 6.61 Å². The fraction of sp³-hybridized carbons (Fsp3) is 0.500. The van der Waals surface area contributed by atoms with Crippen LogP contribution in [0.2, 0.25) is 0 Å². The number of aliphatic hydroxyl groups is 1. The van der Waals surface area contributed by atoms with Gasteiger partial charge in [-0.15, -0.1) is 0 Å². The molecule has 0 amide bonds. The van der Waals surface area contributed by atoms with Crippen LogP contribution in [0.3, 0.4) is 0 Å². The lowest BCUT2D eigenvalue weighted by molar-refractivity contribution is 0.0106. The third kappa shape index (κ3) is 4.24. The first-order valence-corrected chi connectivity index (χ1v) is 6.79. The van der Waals surface area contributed by atoms with Gasteiger partial charge < -0.3 is 19.3 Å². The number of hydrogen-bond acceptors (Lipinski definition) is 4. The SMILES string of the molecule is COc1ccc(COCC2CCCO2)cc1C#CCO. The molecule has 1 aliphatic heterocycles. The zero-order valence-corrected chi connectivity index (χ0v) is 11.7. The first-order valence-electron chi connectivity index (χ1n) is 6.79. The summed E-state index contributed by atoms with van der Waals surface area (Å²) in [4.78, 5) is 0. The highest BCUT2D eigenvalue weighted by Gasteiger charge is 2.15. The Morgan fingerprint density at radius 1 is 1.45 bits per heavy atom. The van der Waals surface area contributed by atoms with E-state index in [0.717, 1.165) is 30.6 Å². The molecule has 4 heteroatoms. The molecule has 4 nitrogen and oxygen atoms in total. The first kappa shape index (κ1) is 14.9. The van der Waals surface area contributed by atoms with Crippen LogP contribution in [-0.2, 0) is 16.1 Å². The largest absolute Gasteiger partial charge is 0.495 e. The van der Waals surface area contributed by atoms with Gasteiger partial charge in [0.1, 0.15) is 12.4 Å². The Labute approximate surface area is 119 Å². The molecule has 2 rings (SSSR count). The van der Waals surface area contributed by atoms with Gasteiger partial charge in [0.05, 0.1) is 32.0 Å². The summed E-state index contributed by atoms with van der Waals surface area (Å²) < 4.78 is 16.4. The van der Waals surface area contributed by atoms with Crippen molar-refractivity contribution in [1.82, 2.24) is 0 Å². The van der Waals surface area contributed by atoms with E-state index < -0.39 is 0 Å². The highest BCUT2D eigenvalue weighted by molar-refractivity contribution is 5.48. The number of aliphatic hydroxyl groups excluding tert-OH is 1. The molecule has 20 heavy (non-hydrogen) atoms. The van der Waals surface area contributed by atoms with Crippen LogP contribution in [0.1, 0.15) is 24.0 Å². The minimum absolute atomic E-state index is 0.164. The van der Waals surface area contributed by atoms with Gasteiger partial charge in [-0.05, 0) is 30.5 Å². The predicted molar refractivity (Wildman–Crippen MR) is 75.6 cm³/mol. The summed E-state index contributed by atoms with van der Waals surface area (Å²) in [5.41, 5.74) is 1.80. The molecule has 1 aromatic carbocycles. The molecule has 0 radical (unpaired) electrons. The van der Waals surface area contributed by atoms with E-state index in [0.29, 0.717) is 19.0 Å². The summed E-state index contributed by atoms with van der Waals surface area (Å²) in [6.45, 7) is 1.84. The van der Waals surface area contributed by atoms with Crippen molar-refractivity contribution in [1.29, 1.82) is 0 Å². The van der Waals surface area contributed by atoms with Gasteiger partial charge in [-0.2, -0.15) is 0 Å². The molecule has 1 unspecified atom stereocenters. The van der Waals surface area contributed by atoms with E-state index in [9.17, 15) is 0 Å². The minimum atomic E-state index is -0.164. The van der Waals surface area contributed by atoms with Gasteiger partial charge in [0.25, 0.3) is 0 Å². The molecule has 0 aliphatic carbocycles. The monoisotopic (exact) mass is 276 g/mol. The van der Waals surface area contributed by atoms with Gasteiger partial charge in [-0.25, -0.2) is 0 Å². The molecule has 1 saturated heterocycles. The molecule has 0 aromatic heterocycles. The predicted octanol–water partition coefficient (Wildman–Crippen LogP) is 1.73. The van der Waals surface area contributed by atoms with Crippen molar-refractivity contribution >= 4 is 0 Å². The summed E-state index contributed by atoms with van der Waals surface area (Å²) in [5.74, 6) is 6.22.